The molecule has 0 spiro atoms. The third-order valence-corrected chi connectivity index (χ3v) is 12.4. The zero-order valence-electron chi connectivity index (χ0n) is 28.5. The molecular weight excluding hydrogens is 665 g/mol. The number of ether oxygens (including phenoxy) is 2. The van der Waals surface area contributed by atoms with Crippen LogP contribution in [-0.2, 0) is 23.6 Å². The molecule has 2 saturated carbocycles. The molecule has 4 fully saturated rings. The number of carbonyl (C=O) groups excluding carboxylic acids is 4. The molecule has 2 aliphatic carbocycles. The Morgan fingerprint density at radius 2 is 1.60 bits per heavy atom. The second kappa shape index (κ2) is 15.7. The molecule has 0 bridgehead atoms. The molecule has 0 radical (unpaired) electrons. The summed E-state index contributed by atoms with van der Waals surface area (Å²) in [5, 5.41) is 6.42. The van der Waals surface area contributed by atoms with Crippen LogP contribution in [0.5, 0.6) is 0 Å². The van der Waals surface area contributed by atoms with Crippen molar-refractivity contribution in [3.05, 3.63) is 36.4 Å². The summed E-state index contributed by atoms with van der Waals surface area (Å²) < 4.78 is 24.1. The molecule has 3 heterocycles. The molecule has 5 atom stereocenters. The minimum absolute atomic E-state index is 0.0656. The summed E-state index contributed by atoms with van der Waals surface area (Å²) >= 11 is 0. The summed E-state index contributed by atoms with van der Waals surface area (Å²) in [7, 11) is -4.80. The largest absolute Gasteiger partial charge is 0.446 e. The Bertz CT molecular complexity index is 1490. The summed E-state index contributed by atoms with van der Waals surface area (Å²) in [5.74, 6) is -1.84. The lowest BCUT2D eigenvalue weighted by Gasteiger charge is -2.30. The predicted octanol–water partition coefficient (Wildman–Crippen LogP) is 4.76. The monoisotopic (exact) mass is 715 g/mol. The van der Waals surface area contributed by atoms with E-state index in [-0.39, 0.29) is 25.5 Å². The number of hydrogen-bond acceptors (Lipinski definition) is 8. The molecule has 50 heavy (non-hydrogen) atoms. The van der Waals surface area contributed by atoms with Crippen LogP contribution >= 0.6 is 7.60 Å². The van der Waals surface area contributed by atoms with Crippen LogP contribution in [-0.4, -0.2) is 87.9 Å². The smallest absolute Gasteiger partial charge is 0.412 e. The van der Waals surface area contributed by atoms with Crippen LogP contribution in [0.3, 0.4) is 0 Å². The zero-order chi connectivity index (χ0) is 35.3. The van der Waals surface area contributed by atoms with Crippen molar-refractivity contribution in [2.45, 2.75) is 119 Å². The second-order valence-electron chi connectivity index (χ2n) is 14.3. The maximum Gasteiger partial charge on any atom is 0.412 e. The molecule has 14 nitrogen and oxygen atoms in total. The Kier molecular flexibility index (Phi) is 11.4. The fourth-order valence-corrected chi connectivity index (χ4v) is 9.06. The van der Waals surface area contributed by atoms with Crippen LogP contribution in [0.25, 0.3) is 0 Å². The molecule has 274 valence electrons. The molecule has 0 aromatic heterocycles. The van der Waals surface area contributed by atoms with Crippen molar-refractivity contribution in [1.29, 1.82) is 0 Å². The van der Waals surface area contributed by atoms with Gasteiger partial charge in [0.05, 0.1) is 17.9 Å². The quantitative estimate of drug-likeness (QED) is 0.203. The van der Waals surface area contributed by atoms with Crippen molar-refractivity contribution < 1.29 is 43.0 Å². The molecule has 6 rings (SSSR count). The van der Waals surface area contributed by atoms with Crippen LogP contribution < -0.4 is 20.9 Å². The fraction of sp³-hybridized carbons (Fsp3) is 0.657. The molecule has 15 heteroatoms. The van der Waals surface area contributed by atoms with E-state index in [1.807, 2.05) is 24.3 Å². The van der Waals surface area contributed by atoms with Gasteiger partial charge in [-0.15, -0.1) is 0 Å². The number of carbonyl (C=O) groups is 4. The van der Waals surface area contributed by atoms with Crippen molar-refractivity contribution in [1.82, 2.24) is 15.5 Å². The highest BCUT2D eigenvalue weighted by Gasteiger charge is 2.66. The van der Waals surface area contributed by atoms with Gasteiger partial charge in [0.25, 0.3) is 0 Å². The summed E-state index contributed by atoms with van der Waals surface area (Å²) in [5.41, 5.74) is 1.47. The average molecular weight is 716 g/mol. The van der Waals surface area contributed by atoms with E-state index < -0.39 is 61.0 Å². The second-order valence-corrected chi connectivity index (χ2v) is 16.2. The number of rotatable bonds is 6. The number of nitrogens with one attached hydrogen (secondary N) is 3. The van der Waals surface area contributed by atoms with Crippen LogP contribution in [0.2, 0.25) is 0 Å². The molecule has 4 amide bonds. The van der Waals surface area contributed by atoms with Crippen LogP contribution in [0, 0.1) is 5.92 Å². The number of benzene rings is 1. The molecule has 2 saturated heterocycles. The first-order valence-electron chi connectivity index (χ1n) is 18.2. The molecule has 5 aliphatic rings. The number of hydrogen-bond donors (Lipinski definition) is 5. The lowest BCUT2D eigenvalue weighted by atomic mass is 10.0. The molecule has 3 aliphatic heterocycles. The van der Waals surface area contributed by atoms with E-state index in [1.165, 1.54) is 4.90 Å². The van der Waals surface area contributed by atoms with Crippen LogP contribution in [0.1, 0.15) is 89.9 Å². The van der Waals surface area contributed by atoms with Gasteiger partial charge in [0.2, 0.25) is 11.8 Å². The summed E-state index contributed by atoms with van der Waals surface area (Å²) in [6.07, 6.45) is 10.9. The summed E-state index contributed by atoms with van der Waals surface area (Å²) in [6, 6.07) is 5.26. The van der Waals surface area contributed by atoms with E-state index in [1.54, 1.807) is 12.1 Å². The lowest BCUT2D eigenvalue weighted by Crippen LogP contribution is -2.55. The maximum absolute atomic E-state index is 14.2. The van der Waals surface area contributed by atoms with E-state index in [0.717, 1.165) is 76.6 Å². The number of nitrogens with zero attached hydrogens (tertiary/aromatic N) is 2. The Morgan fingerprint density at radius 1 is 0.900 bits per heavy atom. The highest BCUT2D eigenvalue weighted by molar-refractivity contribution is 7.54. The van der Waals surface area contributed by atoms with Gasteiger partial charge in [-0.3, -0.25) is 19.5 Å². The number of alkyl carbamates (subject to hydrolysis) is 1. The van der Waals surface area contributed by atoms with Gasteiger partial charge >= 0.3 is 19.8 Å². The maximum atomic E-state index is 14.2. The highest BCUT2D eigenvalue weighted by atomic mass is 31.2. The predicted molar refractivity (Wildman–Crippen MR) is 185 cm³/mol. The third-order valence-electron chi connectivity index (χ3n) is 10.7. The SMILES string of the molecule is O=C(N[C@H]1CCCCCC=C[C@@H]2C[C@@]2(P(=O)(O)O)NC(=O)[C@@H]2C[C@@H](OC(=O)Nc3ccccc3N3CCCCC3)CN2C1=O)OC1CCCC1. The van der Waals surface area contributed by atoms with Gasteiger partial charge in [-0.1, -0.05) is 37.1 Å². The van der Waals surface area contributed by atoms with E-state index in [4.69, 9.17) is 9.47 Å². The lowest BCUT2D eigenvalue weighted by molar-refractivity contribution is -0.140. The van der Waals surface area contributed by atoms with Gasteiger partial charge in [-0.05, 0) is 82.8 Å². The van der Waals surface area contributed by atoms with Gasteiger partial charge in [0, 0.05) is 25.4 Å². The van der Waals surface area contributed by atoms with Crippen LogP contribution in [0.4, 0.5) is 21.0 Å². The topological polar surface area (TPSA) is 187 Å². The number of fused-ring (bicyclic) bond motifs is 2. The Morgan fingerprint density at radius 3 is 2.36 bits per heavy atom. The van der Waals surface area contributed by atoms with Gasteiger partial charge in [-0.25, -0.2) is 9.59 Å². The Labute approximate surface area is 292 Å². The molecule has 5 N–H and O–H groups in total. The van der Waals surface area contributed by atoms with Crippen LogP contribution in [0.15, 0.2) is 36.4 Å². The minimum Gasteiger partial charge on any atom is -0.446 e. The van der Waals surface area contributed by atoms with E-state index in [0.29, 0.717) is 24.9 Å². The first-order valence-corrected chi connectivity index (χ1v) is 19.8. The Hall–Kier alpha value is -3.61. The normalized spacial score (nSPS) is 29.6. The van der Waals surface area contributed by atoms with Gasteiger partial charge < -0.3 is 39.7 Å². The molecule has 0 unspecified atom stereocenters. The first-order chi connectivity index (χ1) is 24.0. The number of allylic oxidation sites excluding steroid dienone is 1. The molecule has 1 aromatic rings. The minimum atomic E-state index is -4.80. The fourth-order valence-electron chi connectivity index (χ4n) is 7.85. The first kappa shape index (κ1) is 36.2. The number of anilines is 2. The van der Waals surface area contributed by atoms with Gasteiger partial charge in [0.1, 0.15) is 29.6 Å². The third kappa shape index (κ3) is 8.46. The van der Waals surface area contributed by atoms with E-state index >= 15 is 0 Å². The number of amides is 4. The van der Waals surface area contributed by atoms with Gasteiger partial charge in [0.15, 0.2) is 0 Å². The van der Waals surface area contributed by atoms with Crippen molar-refractivity contribution in [2.75, 3.05) is 29.9 Å². The number of para-hydroxylation sites is 2. The van der Waals surface area contributed by atoms with Crippen molar-refractivity contribution >= 4 is 43.0 Å². The molecule has 1 aromatic carbocycles. The molecular formula is C35H50N5O9P. The van der Waals surface area contributed by atoms with E-state index in [9.17, 15) is 33.5 Å². The average Bonchev–Trinajstić information content (AvgIpc) is 3.36. The van der Waals surface area contributed by atoms with E-state index in [2.05, 4.69) is 20.9 Å². The van der Waals surface area contributed by atoms with Gasteiger partial charge in [-0.2, -0.15) is 0 Å². The van der Waals surface area contributed by atoms with Crippen molar-refractivity contribution in [3.63, 3.8) is 0 Å². The van der Waals surface area contributed by atoms with Crippen molar-refractivity contribution in [3.8, 4) is 0 Å². The Balaban J connectivity index is 1.21. The zero-order valence-corrected chi connectivity index (χ0v) is 29.4. The summed E-state index contributed by atoms with van der Waals surface area (Å²) in [4.78, 5) is 78.6. The standard InChI is InChI=1S/C35H50N5O9P/c41-31-30-21-26(49-33(43)36-27-16-9-10-18-29(27)39-19-11-4-12-20-39)23-40(30)32(42)28(37-34(44)48-25-14-7-8-15-25)17-6-3-1-2-5-13-24-22-35(24,38-31)50(45,46)47/h5,9-10,13,16,18,24-26,28,30H,1-4,6-8,11-12,14-15,17,19-23H2,(H,36,43)(H,37,44)(H,38,41)(H2,45,46,47)/t24-,26-,28+,30+,35+/m1/s1. The number of piperidine rings is 1. The highest BCUT2D eigenvalue weighted by Crippen LogP contribution is 2.67. The summed E-state index contributed by atoms with van der Waals surface area (Å²) in [6.45, 7) is 1.61. The van der Waals surface area contributed by atoms with Crippen molar-refractivity contribution in [2.24, 2.45) is 5.92 Å².